The zero-order chi connectivity index (χ0) is 22.0. The van der Waals surface area contributed by atoms with Crippen molar-refractivity contribution in [3.8, 4) is 16.9 Å². The van der Waals surface area contributed by atoms with Crippen molar-refractivity contribution < 1.29 is 14.3 Å². The van der Waals surface area contributed by atoms with Gasteiger partial charge in [-0.25, -0.2) is 4.98 Å². The van der Waals surface area contributed by atoms with Gasteiger partial charge in [0.15, 0.2) is 0 Å². The summed E-state index contributed by atoms with van der Waals surface area (Å²) >= 11 is 0. The van der Waals surface area contributed by atoms with Crippen LogP contribution < -0.4 is 4.74 Å². The Bertz CT molecular complexity index is 1060. The van der Waals surface area contributed by atoms with Gasteiger partial charge in [0, 0.05) is 52.2 Å². The number of fused-ring (bicyclic) bond motifs is 1. The van der Waals surface area contributed by atoms with Gasteiger partial charge in [0.1, 0.15) is 17.1 Å². The van der Waals surface area contributed by atoms with E-state index in [2.05, 4.69) is 35.9 Å². The first-order valence-electron chi connectivity index (χ1n) is 10.6. The lowest BCUT2D eigenvalue weighted by Crippen LogP contribution is -2.49. The maximum atomic E-state index is 13.0. The molecule has 1 fully saturated rings. The molecule has 164 valence electrons. The van der Waals surface area contributed by atoms with Crippen molar-refractivity contribution >= 4 is 11.6 Å². The average Bonchev–Trinajstić information content (AvgIpc) is 3.20. The molecule has 0 atom stereocenters. The van der Waals surface area contributed by atoms with Gasteiger partial charge in [0.2, 0.25) is 0 Å². The highest BCUT2D eigenvalue weighted by atomic mass is 16.5. The first kappa shape index (κ1) is 21.3. The molecule has 0 unspecified atom stereocenters. The number of carbonyl (C=O) groups excluding carboxylic acids is 1. The Kier molecular flexibility index (Phi) is 6.25. The predicted molar refractivity (Wildman–Crippen MR) is 121 cm³/mol. The summed E-state index contributed by atoms with van der Waals surface area (Å²) in [5.74, 6) is 0.912. The molecule has 4 rings (SSSR count). The number of methoxy groups -OCH3 is 2. The summed E-state index contributed by atoms with van der Waals surface area (Å²) in [6, 6.07) is 8.26. The molecule has 0 saturated carbocycles. The lowest BCUT2D eigenvalue weighted by molar-refractivity contribution is 0.0589. The molecule has 3 aromatic rings. The zero-order valence-corrected chi connectivity index (χ0v) is 18.7. The number of carbonyl (C=O) groups is 1. The summed E-state index contributed by atoms with van der Waals surface area (Å²) in [5.41, 5.74) is 5.65. The van der Waals surface area contributed by atoms with E-state index in [-0.39, 0.29) is 5.91 Å². The molecule has 31 heavy (non-hydrogen) atoms. The van der Waals surface area contributed by atoms with Gasteiger partial charge >= 0.3 is 0 Å². The first-order valence-corrected chi connectivity index (χ1v) is 10.6. The highest BCUT2D eigenvalue weighted by Gasteiger charge is 2.23. The number of aromatic nitrogens is 2. The van der Waals surface area contributed by atoms with Crippen LogP contribution in [0, 0.1) is 13.8 Å². The van der Waals surface area contributed by atoms with Crippen LogP contribution in [0.15, 0.2) is 36.7 Å². The fraction of sp³-hybridized carbons (Fsp3) is 0.417. The number of hydrogen-bond donors (Lipinski definition) is 0. The van der Waals surface area contributed by atoms with Crippen LogP contribution in [0.1, 0.15) is 21.6 Å². The van der Waals surface area contributed by atoms with E-state index in [0.29, 0.717) is 18.8 Å². The lowest BCUT2D eigenvalue weighted by atomic mass is 10.0. The van der Waals surface area contributed by atoms with Crippen LogP contribution in [0.4, 0.5) is 0 Å². The third kappa shape index (κ3) is 4.43. The smallest absolute Gasteiger partial charge is 0.274 e. The number of nitrogens with zero attached hydrogens (tertiary/aromatic N) is 4. The van der Waals surface area contributed by atoms with Crippen LogP contribution in [0.5, 0.6) is 5.75 Å². The van der Waals surface area contributed by atoms with Crippen LogP contribution in [0.25, 0.3) is 16.8 Å². The molecule has 0 spiro atoms. The van der Waals surface area contributed by atoms with Gasteiger partial charge < -0.3 is 18.8 Å². The molecule has 7 nitrogen and oxygen atoms in total. The third-order valence-electron chi connectivity index (χ3n) is 5.94. The van der Waals surface area contributed by atoms with Crippen molar-refractivity contribution in [2.75, 3.05) is 53.6 Å². The number of amides is 1. The molecule has 0 radical (unpaired) electrons. The molecule has 0 aliphatic carbocycles. The van der Waals surface area contributed by atoms with Gasteiger partial charge in [0.25, 0.3) is 5.91 Å². The topological polar surface area (TPSA) is 59.3 Å². The van der Waals surface area contributed by atoms with Crippen LogP contribution >= 0.6 is 0 Å². The molecule has 0 bridgehead atoms. The molecule has 7 heteroatoms. The van der Waals surface area contributed by atoms with E-state index in [1.807, 2.05) is 33.8 Å². The monoisotopic (exact) mass is 422 g/mol. The van der Waals surface area contributed by atoms with Gasteiger partial charge in [-0.3, -0.25) is 9.69 Å². The fourth-order valence-corrected chi connectivity index (χ4v) is 4.26. The summed E-state index contributed by atoms with van der Waals surface area (Å²) in [7, 11) is 3.41. The lowest BCUT2D eigenvalue weighted by Gasteiger charge is -2.34. The van der Waals surface area contributed by atoms with Gasteiger partial charge in [-0.15, -0.1) is 0 Å². The second kappa shape index (κ2) is 9.08. The predicted octanol–water partition coefficient (Wildman–Crippen LogP) is 3.03. The van der Waals surface area contributed by atoms with E-state index in [1.54, 1.807) is 14.2 Å². The highest BCUT2D eigenvalue weighted by Crippen LogP contribution is 2.30. The van der Waals surface area contributed by atoms with Crippen molar-refractivity contribution in [2.45, 2.75) is 13.8 Å². The minimum atomic E-state index is -0.00669. The average molecular weight is 423 g/mol. The number of rotatable bonds is 6. The summed E-state index contributed by atoms with van der Waals surface area (Å²) in [6.07, 6.45) is 3.87. The van der Waals surface area contributed by atoms with Crippen molar-refractivity contribution in [2.24, 2.45) is 0 Å². The molecule has 1 aliphatic rings. The zero-order valence-electron chi connectivity index (χ0n) is 18.7. The van der Waals surface area contributed by atoms with Crippen molar-refractivity contribution in [1.82, 2.24) is 19.2 Å². The molecule has 1 amide bonds. The van der Waals surface area contributed by atoms with E-state index in [4.69, 9.17) is 9.47 Å². The van der Waals surface area contributed by atoms with Crippen LogP contribution in [-0.2, 0) is 4.74 Å². The first-order chi connectivity index (χ1) is 15.0. The summed E-state index contributed by atoms with van der Waals surface area (Å²) < 4.78 is 12.6. The number of pyridine rings is 1. The van der Waals surface area contributed by atoms with E-state index < -0.39 is 0 Å². The Labute approximate surface area is 183 Å². The Hall–Kier alpha value is -2.90. The minimum Gasteiger partial charge on any atom is -0.496 e. The van der Waals surface area contributed by atoms with Gasteiger partial charge in [0.05, 0.1) is 13.7 Å². The quantitative estimate of drug-likeness (QED) is 0.611. The Morgan fingerprint density at radius 2 is 1.71 bits per heavy atom. The largest absolute Gasteiger partial charge is 0.496 e. The second-order valence-electron chi connectivity index (χ2n) is 8.08. The number of ether oxygens (including phenoxy) is 2. The highest BCUT2D eigenvalue weighted by molar-refractivity contribution is 5.93. The molecule has 1 aliphatic heterocycles. The molecule has 3 heterocycles. The van der Waals surface area contributed by atoms with Crippen LogP contribution in [-0.4, -0.2) is 78.6 Å². The van der Waals surface area contributed by atoms with E-state index in [9.17, 15) is 4.79 Å². The molecule has 0 N–H and O–H groups in total. The van der Waals surface area contributed by atoms with Crippen molar-refractivity contribution in [3.63, 3.8) is 0 Å². The van der Waals surface area contributed by atoms with Gasteiger partial charge in [-0.2, -0.15) is 0 Å². The number of imidazole rings is 1. The van der Waals surface area contributed by atoms with Crippen molar-refractivity contribution in [1.29, 1.82) is 0 Å². The maximum Gasteiger partial charge on any atom is 0.274 e. The summed E-state index contributed by atoms with van der Waals surface area (Å²) in [4.78, 5) is 21.8. The molecule has 2 aromatic heterocycles. The maximum absolute atomic E-state index is 13.0. The molecular formula is C24H30N4O3. The molecule has 1 aromatic carbocycles. The SMILES string of the molecule is COCCN1CCN(C(=O)c2cn3cc(-c4cc(C)c(OC)c(C)c4)ccc3n2)CC1. The Morgan fingerprint density at radius 3 is 2.35 bits per heavy atom. The number of benzene rings is 1. The Balaban J connectivity index is 1.52. The third-order valence-corrected chi connectivity index (χ3v) is 5.94. The number of piperazine rings is 1. The molecular weight excluding hydrogens is 392 g/mol. The summed E-state index contributed by atoms with van der Waals surface area (Å²) in [5, 5.41) is 0. The van der Waals surface area contributed by atoms with Crippen molar-refractivity contribution in [3.05, 3.63) is 53.5 Å². The fourth-order valence-electron chi connectivity index (χ4n) is 4.26. The minimum absolute atomic E-state index is 0.00669. The number of aryl methyl sites for hydroxylation is 2. The van der Waals surface area contributed by atoms with Gasteiger partial charge in [-0.05, 0) is 60.4 Å². The van der Waals surface area contributed by atoms with Crippen LogP contribution in [0.2, 0.25) is 0 Å². The van der Waals surface area contributed by atoms with E-state index in [1.165, 1.54) is 0 Å². The van der Waals surface area contributed by atoms with Crippen LogP contribution in [0.3, 0.4) is 0 Å². The van der Waals surface area contributed by atoms with E-state index >= 15 is 0 Å². The van der Waals surface area contributed by atoms with E-state index in [0.717, 1.165) is 59.9 Å². The normalized spacial score (nSPS) is 14.9. The Morgan fingerprint density at radius 1 is 1.00 bits per heavy atom. The standard InChI is InChI=1S/C24H30N4O3/c1-17-13-20(14-18(2)23(17)31-4)19-5-6-22-25-21(16-28(22)15-19)24(29)27-9-7-26(8-10-27)11-12-30-3/h5-6,13-16H,7-12H2,1-4H3. The second-order valence-corrected chi connectivity index (χ2v) is 8.08. The summed E-state index contributed by atoms with van der Waals surface area (Å²) in [6.45, 7) is 8.88. The number of hydrogen-bond acceptors (Lipinski definition) is 5. The molecule has 1 saturated heterocycles. The van der Waals surface area contributed by atoms with Gasteiger partial charge in [-0.1, -0.05) is 0 Å².